The second-order valence-corrected chi connectivity index (χ2v) is 11.0. The molecule has 0 bridgehead atoms. The molecule has 0 aromatic carbocycles. The number of hydrogen-bond donors (Lipinski definition) is 3. The standard InChI is InChI=1S/C28H36N8S/c1-5-23-11-25-26(32-17-33-28(25)37-23)34-22-6-8-35(9-7-22)16-21-14-31-27-24(19(21)3)10-18(2)36(27)15-20(12-29)13-30-4/h10-14,17,22,29-30H,5-9,15-16H2,1-4H3,(H,32,33,34)/b20-13+,29-12?. The average molecular weight is 517 g/mol. The highest BCUT2D eigenvalue weighted by atomic mass is 32.1. The summed E-state index contributed by atoms with van der Waals surface area (Å²) in [6.45, 7) is 10.2. The molecule has 4 aromatic rings. The van der Waals surface area contributed by atoms with Crippen molar-refractivity contribution in [3.63, 3.8) is 0 Å². The van der Waals surface area contributed by atoms with Gasteiger partial charge in [0.25, 0.3) is 0 Å². The normalized spacial score (nSPS) is 15.5. The Kier molecular flexibility index (Phi) is 7.53. The predicted molar refractivity (Wildman–Crippen MR) is 154 cm³/mol. The molecule has 37 heavy (non-hydrogen) atoms. The molecule has 0 aliphatic carbocycles. The van der Waals surface area contributed by atoms with Gasteiger partial charge in [-0.1, -0.05) is 6.92 Å². The van der Waals surface area contributed by atoms with E-state index >= 15 is 0 Å². The van der Waals surface area contributed by atoms with Gasteiger partial charge in [0.1, 0.15) is 22.6 Å². The monoisotopic (exact) mass is 516 g/mol. The topological polar surface area (TPSA) is 94.8 Å². The molecular formula is C28H36N8S. The maximum absolute atomic E-state index is 7.70. The van der Waals surface area contributed by atoms with Crippen LogP contribution in [0.5, 0.6) is 0 Å². The smallest absolute Gasteiger partial charge is 0.140 e. The second kappa shape index (κ2) is 11.0. The number of likely N-dealkylation sites (tertiary alicyclic amines) is 1. The van der Waals surface area contributed by atoms with Crippen LogP contribution in [0.1, 0.15) is 41.5 Å². The van der Waals surface area contributed by atoms with Crippen molar-refractivity contribution < 1.29 is 0 Å². The summed E-state index contributed by atoms with van der Waals surface area (Å²) in [5.41, 5.74) is 5.65. The number of anilines is 1. The van der Waals surface area contributed by atoms with Crippen LogP contribution >= 0.6 is 11.3 Å². The summed E-state index contributed by atoms with van der Waals surface area (Å²) in [5, 5.41) is 16.8. The number of allylic oxidation sites excluding steroid dienone is 1. The summed E-state index contributed by atoms with van der Waals surface area (Å²) >= 11 is 1.76. The molecule has 1 fully saturated rings. The predicted octanol–water partition coefficient (Wildman–Crippen LogP) is 5.05. The minimum absolute atomic E-state index is 0.423. The van der Waals surface area contributed by atoms with E-state index in [1.54, 1.807) is 17.7 Å². The van der Waals surface area contributed by atoms with Crippen molar-refractivity contribution in [2.75, 3.05) is 25.5 Å². The lowest BCUT2D eigenvalue weighted by molar-refractivity contribution is 0.211. The Morgan fingerprint density at radius 1 is 1.16 bits per heavy atom. The number of nitrogens with zero attached hydrogens (tertiary/aromatic N) is 5. The van der Waals surface area contributed by atoms with Gasteiger partial charge in [-0.15, -0.1) is 11.3 Å². The van der Waals surface area contributed by atoms with E-state index in [4.69, 9.17) is 10.4 Å². The van der Waals surface area contributed by atoms with Gasteiger partial charge in [0.15, 0.2) is 0 Å². The highest BCUT2D eigenvalue weighted by Crippen LogP contribution is 2.30. The highest BCUT2D eigenvalue weighted by Gasteiger charge is 2.22. The van der Waals surface area contributed by atoms with E-state index in [-0.39, 0.29) is 0 Å². The molecule has 0 unspecified atom stereocenters. The van der Waals surface area contributed by atoms with Crippen LogP contribution in [0.15, 0.2) is 36.4 Å². The average Bonchev–Trinajstić information content (AvgIpc) is 3.48. The van der Waals surface area contributed by atoms with E-state index in [1.165, 1.54) is 27.6 Å². The van der Waals surface area contributed by atoms with Crippen LogP contribution in [-0.2, 0) is 19.5 Å². The van der Waals surface area contributed by atoms with Gasteiger partial charge < -0.3 is 20.6 Å². The van der Waals surface area contributed by atoms with E-state index in [9.17, 15) is 0 Å². The fourth-order valence-corrected chi connectivity index (χ4v) is 6.15. The second-order valence-electron chi connectivity index (χ2n) is 9.87. The Bertz CT molecular complexity index is 1440. The van der Waals surface area contributed by atoms with Crippen molar-refractivity contribution >= 4 is 44.6 Å². The maximum atomic E-state index is 7.70. The molecule has 1 aliphatic heterocycles. The molecule has 1 aliphatic rings. The van der Waals surface area contributed by atoms with Crippen LogP contribution < -0.4 is 10.6 Å². The lowest BCUT2D eigenvalue weighted by atomic mass is 10.0. The van der Waals surface area contributed by atoms with E-state index < -0.39 is 0 Å². The summed E-state index contributed by atoms with van der Waals surface area (Å²) < 4.78 is 2.19. The van der Waals surface area contributed by atoms with Gasteiger partial charge in [-0.25, -0.2) is 15.0 Å². The van der Waals surface area contributed by atoms with Crippen LogP contribution in [-0.4, -0.2) is 56.8 Å². The fraction of sp³-hybridized carbons (Fsp3) is 0.429. The van der Waals surface area contributed by atoms with Gasteiger partial charge in [0, 0.05) is 72.9 Å². The number of fused-ring (bicyclic) bond motifs is 2. The van der Waals surface area contributed by atoms with Crippen molar-refractivity contribution in [1.29, 1.82) is 5.41 Å². The molecule has 194 valence electrons. The maximum Gasteiger partial charge on any atom is 0.140 e. The zero-order chi connectivity index (χ0) is 25.9. The Morgan fingerprint density at radius 3 is 2.70 bits per heavy atom. The molecule has 0 atom stereocenters. The number of hydrogen-bond acceptors (Lipinski definition) is 8. The Hall–Kier alpha value is -3.30. The van der Waals surface area contributed by atoms with E-state index in [0.29, 0.717) is 12.6 Å². The molecule has 0 spiro atoms. The molecule has 0 radical (unpaired) electrons. The SMILES string of the molecule is CCc1cc2c(NC3CCN(Cc4cnc5c(cc(C)n5C/C(C=N)=C/NC)c4C)CC3)ncnc2s1. The number of aromatic nitrogens is 4. The van der Waals surface area contributed by atoms with Crippen LogP contribution in [0.3, 0.4) is 0 Å². The van der Waals surface area contributed by atoms with E-state index in [2.05, 4.69) is 63.0 Å². The van der Waals surface area contributed by atoms with Gasteiger partial charge in [-0.2, -0.15) is 0 Å². The Labute approximate surface area is 222 Å². The van der Waals surface area contributed by atoms with Crippen LogP contribution in [0.25, 0.3) is 21.3 Å². The number of rotatable bonds is 9. The Morgan fingerprint density at radius 2 is 1.97 bits per heavy atom. The lowest BCUT2D eigenvalue weighted by Crippen LogP contribution is -2.39. The van der Waals surface area contributed by atoms with E-state index in [1.807, 2.05) is 19.4 Å². The molecule has 5 rings (SSSR count). The van der Waals surface area contributed by atoms with Gasteiger partial charge in [-0.05, 0) is 56.4 Å². The highest BCUT2D eigenvalue weighted by molar-refractivity contribution is 7.18. The molecule has 3 N–H and O–H groups in total. The van der Waals surface area contributed by atoms with Crippen molar-refractivity contribution in [3.8, 4) is 0 Å². The first-order valence-corrected chi connectivity index (χ1v) is 13.9. The summed E-state index contributed by atoms with van der Waals surface area (Å²) in [4.78, 5) is 18.9. The van der Waals surface area contributed by atoms with Crippen molar-refractivity contribution in [3.05, 3.63) is 58.1 Å². The first kappa shape index (κ1) is 25.4. The summed E-state index contributed by atoms with van der Waals surface area (Å²) in [5.74, 6) is 0.973. The molecule has 8 nitrogen and oxygen atoms in total. The van der Waals surface area contributed by atoms with Gasteiger partial charge in [0.05, 0.1) is 11.9 Å². The third-order valence-corrected chi connectivity index (χ3v) is 8.60. The van der Waals surface area contributed by atoms with Gasteiger partial charge >= 0.3 is 0 Å². The van der Waals surface area contributed by atoms with Crippen LogP contribution in [0, 0.1) is 19.3 Å². The fourth-order valence-electron chi connectivity index (χ4n) is 5.21. The minimum atomic E-state index is 0.423. The third kappa shape index (κ3) is 5.24. The number of aryl methyl sites for hydroxylation is 3. The first-order valence-electron chi connectivity index (χ1n) is 13.0. The molecular weight excluding hydrogens is 480 g/mol. The van der Waals surface area contributed by atoms with Crippen LogP contribution in [0.2, 0.25) is 0 Å². The molecule has 1 saturated heterocycles. The van der Waals surface area contributed by atoms with Crippen molar-refractivity contribution in [2.24, 2.45) is 0 Å². The minimum Gasteiger partial charge on any atom is -0.394 e. The molecule has 0 saturated carbocycles. The third-order valence-electron chi connectivity index (χ3n) is 7.41. The molecule has 9 heteroatoms. The van der Waals surface area contributed by atoms with Crippen LogP contribution in [0.4, 0.5) is 5.82 Å². The number of piperidine rings is 1. The summed E-state index contributed by atoms with van der Waals surface area (Å²) in [7, 11) is 1.86. The quantitative estimate of drug-likeness (QED) is 0.270. The summed E-state index contributed by atoms with van der Waals surface area (Å²) in [6.07, 6.45) is 10.2. The lowest BCUT2D eigenvalue weighted by Gasteiger charge is -2.33. The molecule has 4 aromatic heterocycles. The van der Waals surface area contributed by atoms with E-state index in [0.717, 1.165) is 71.8 Å². The first-order chi connectivity index (χ1) is 18.0. The summed E-state index contributed by atoms with van der Waals surface area (Å²) in [6, 6.07) is 4.89. The molecule has 0 amide bonds. The zero-order valence-corrected chi connectivity index (χ0v) is 23.0. The van der Waals surface area contributed by atoms with Crippen molar-refractivity contribution in [2.45, 2.75) is 59.2 Å². The zero-order valence-electron chi connectivity index (χ0n) is 22.1. The number of thiophene rings is 1. The van der Waals surface area contributed by atoms with Crippen molar-refractivity contribution in [1.82, 2.24) is 29.7 Å². The Balaban J connectivity index is 1.25. The molecule has 5 heterocycles. The van der Waals surface area contributed by atoms with Gasteiger partial charge in [-0.3, -0.25) is 4.90 Å². The largest absolute Gasteiger partial charge is 0.394 e. The number of pyridine rings is 1. The number of nitrogens with one attached hydrogen (secondary N) is 3. The van der Waals surface area contributed by atoms with Gasteiger partial charge in [0.2, 0.25) is 0 Å².